The molecule has 9 nitrogen and oxygen atoms in total. The molecule has 0 aliphatic heterocycles. The second-order valence-corrected chi connectivity index (χ2v) is 8.07. The maximum atomic E-state index is 5.70. The minimum atomic E-state index is 0.176. The van der Waals surface area contributed by atoms with Crippen molar-refractivity contribution in [3.05, 3.63) is 48.7 Å². The predicted octanol–water partition coefficient (Wildman–Crippen LogP) is 3.41. The van der Waals surface area contributed by atoms with E-state index in [4.69, 9.17) is 4.74 Å². The van der Waals surface area contributed by atoms with Crippen LogP contribution in [0.1, 0.15) is 31.5 Å². The zero-order chi connectivity index (χ0) is 21.2. The van der Waals surface area contributed by atoms with Gasteiger partial charge in [0.1, 0.15) is 11.6 Å². The van der Waals surface area contributed by atoms with E-state index in [1.807, 2.05) is 41.9 Å². The molecule has 4 heterocycles. The minimum Gasteiger partial charge on any atom is -0.381 e. The van der Waals surface area contributed by atoms with Crippen molar-refractivity contribution in [1.82, 2.24) is 34.3 Å². The number of nitrogens with zero attached hydrogens (tertiary/aromatic N) is 7. The normalized spacial score (nSPS) is 14.8. The third-order valence-electron chi connectivity index (χ3n) is 5.83. The van der Waals surface area contributed by atoms with Crippen molar-refractivity contribution in [3.8, 4) is 11.3 Å². The maximum Gasteiger partial charge on any atom is 0.228 e. The van der Waals surface area contributed by atoms with Crippen LogP contribution in [0.5, 0.6) is 0 Å². The van der Waals surface area contributed by atoms with Crippen LogP contribution in [0, 0.1) is 5.92 Å². The Morgan fingerprint density at radius 3 is 2.87 bits per heavy atom. The molecule has 160 valence electrons. The number of rotatable bonds is 9. The molecule has 1 N–H and O–H groups in total. The van der Waals surface area contributed by atoms with Gasteiger partial charge in [-0.15, -0.1) is 10.2 Å². The Morgan fingerprint density at radius 2 is 2.10 bits per heavy atom. The largest absolute Gasteiger partial charge is 0.381 e. The monoisotopic (exact) mass is 418 g/mol. The quantitative estimate of drug-likeness (QED) is 0.445. The Kier molecular flexibility index (Phi) is 5.33. The standard InChI is InChI=1S/C22H26N8O/c1-29-19(8-11-24-29)26-22-23-10-7-18(25-22)16-9-12-30-20(13-16)27-28-21(30)14-17(31-2)6-5-15-3-4-15/h7-13,15,17H,3-6,14H2,1-2H3,(H,23,25,26). The fourth-order valence-electron chi connectivity index (χ4n) is 3.76. The molecule has 9 heteroatoms. The third kappa shape index (κ3) is 4.41. The summed E-state index contributed by atoms with van der Waals surface area (Å²) in [6.07, 6.45) is 11.5. The second kappa shape index (κ2) is 8.43. The van der Waals surface area contributed by atoms with Gasteiger partial charge in [0.2, 0.25) is 5.95 Å². The van der Waals surface area contributed by atoms with E-state index in [0.717, 1.165) is 47.3 Å². The zero-order valence-corrected chi connectivity index (χ0v) is 17.8. The number of hydrogen-bond acceptors (Lipinski definition) is 7. The average molecular weight is 419 g/mol. The van der Waals surface area contributed by atoms with Crippen molar-refractivity contribution in [3.63, 3.8) is 0 Å². The van der Waals surface area contributed by atoms with E-state index in [-0.39, 0.29) is 6.10 Å². The predicted molar refractivity (Wildman–Crippen MR) is 117 cm³/mol. The maximum absolute atomic E-state index is 5.70. The minimum absolute atomic E-state index is 0.176. The van der Waals surface area contributed by atoms with E-state index in [1.165, 1.54) is 19.3 Å². The molecule has 0 saturated heterocycles. The van der Waals surface area contributed by atoms with Crippen LogP contribution in [0.3, 0.4) is 0 Å². The summed E-state index contributed by atoms with van der Waals surface area (Å²) in [4.78, 5) is 8.95. The van der Waals surface area contributed by atoms with Crippen molar-refractivity contribution in [2.45, 2.75) is 38.2 Å². The van der Waals surface area contributed by atoms with Crippen LogP contribution in [0.15, 0.2) is 42.9 Å². The number of aromatic nitrogens is 7. The number of pyridine rings is 1. The summed E-state index contributed by atoms with van der Waals surface area (Å²) in [6.45, 7) is 0. The number of ether oxygens (including phenoxy) is 1. The lowest BCUT2D eigenvalue weighted by atomic mass is 10.1. The van der Waals surface area contributed by atoms with Gasteiger partial charge in [0.15, 0.2) is 5.65 Å². The highest BCUT2D eigenvalue weighted by Gasteiger charge is 2.23. The molecular weight excluding hydrogens is 392 g/mol. The van der Waals surface area contributed by atoms with Crippen molar-refractivity contribution in [1.29, 1.82) is 0 Å². The first kappa shape index (κ1) is 19.6. The lowest BCUT2D eigenvalue weighted by Crippen LogP contribution is -2.16. The molecule has 1 aliphatic carbocycles. The van der Waals surface area contributed by atoms with Crippen LogP contribution in [0.25, 0.3) is 16.9 Å². The second-order valence-electron chi connectivity index (χ2n) is 8.07. The molecular formula is C22H26N8O. The van der Waals surface area contributed by atoms with Gasteiger partial charge in [0.25, 0.3) is 0 Å². The van der Waals surface area contributed by atoms with Crippen molar-refractivity contribution < 1.29 is 4.74 Å². The first-order chi connectivity index (χ1) is 15.2. The highest BCUT2D eigenvalue weighted by molar-refractivity contribution is 5.65. The van der Waals surface area contributed by atoms with Gasteiger partial charge >= 0.3 is 0 Å². The molecule has 1 saturated carbocycles. The lowest BCUT2D eigenvalue weighted by molar-refractivity contribution is 0.0905. The van der Waals surface area contributed by atoms with E-state index in [1.54, 1.807) is 24.2 Å². The summed E-state index contributed by atoms with van der Waals surface area (Å²) < 4.78 is 9.46. The average Bonchev–Trinajstić information content (AvgIpc) is 3.42. The number of fused-ring (bicyclic) bond motifs is 1. The Bertz CT molecular complexity index is 1180. The summed E-state index contributed by atoms with van der Waals surface area (Å²) in [5, 5.41) is 16.1. The Morgan fingerprint density at radius 1 is 1.19 bits per heavy atom. The first-order valence-corrected chi connectivity index (χ1v) is 10.6. The first-order valence-electron chi connectivity index (χ1n) is 10.6. The van der Waals surface area contributed by atoms with Crippen LogP contribution >= 0.6 is 0 Å². The summed E-state index contributed by atoms with van der Waals surface area (Å²) in [5.74, 6) is 3.16. The highest BCUT2D eigenvalue weighted by atomic mass is 16.5. The smallest absolute Gasteiger partial charge is 0.228 e. The van der Waals surface area contributed by atoms with E-state index < -0.39 is 0 Å². The summed E-state index contributed by atoms with van der Waals surface area (Å²) in [5.41, 5.74) is 2.56. The van der Waals surface area contributed by atoms with E-state index in [2.05, 4.69) is 30.6 Å². The van der Waals surface area contributed by atoms with Gasteiger partial charge < -0.3 is 10.1 Å². The lowest BCUT2D eigenvalue weighted by Gasteiger charge is -2.14. The van der Waals surface area contributed by atoms with Crippen molar-refractivity contribution in [2.24, 2.45) is 13.0 Å². The van der Waals surface area contributed by atoms with Crippen molar-refractivity contribution >= 4 is 17.4 Å². The van der Waals surface area contributed by atoms with Crippen LogP contribution in [0.2, 0.25) is 0 Å². The number of aryl methyl sites for hydroxylation is 1. The molecule has 5 rings (SSSR count). The van der Waals surface area contributed by atoms with Crippen LogP contribution in [-0.4, -0.2) is 47.6 Å². The molecule has 0 bridgehead atoms. The van der Waals surface area contributed by atoms with Crippen LogP contribution in [0.4, 0.5) is 11.8 Å². The summed E-state index contributed by atoms with van der Waals surface area (Å²) >= 11 is 0. The Hall–Kier alpha value is -3.33. The number of anilines is 2. The van der Waals surface area contributed by atoms with Gasteiger partial charge in [-0.05, 0) is 37.0 Å². The van der Waals surface area contributed by atoms with Crippen LogP contribution in [-0.2, 0) is 18.2 Å². The highest BCUT2D eigenvalue weighted by Crippen LogP contribution is 2.34. The number of methoxy groups -OCH3 is 1. The molecule has 0 radical (unpaired) electrons. The van der Waals surface area contributed by atoms with E-state index in [9.17, 15) is 0 Å². The molecule has 4 aromatic rings. The van der Waals surface area contributed by atoms with Crippen LogP contribution < -0.4 is 5.32 Å². The fraction of sp³-hybridized carbons (Fsp3) is 0.409. The molecule has 1 aliphatic rings. The Balaban J connectivity index is 1.34. The van der Waals surface area contributed by atoms with Gasteiger partial charge in [-0.1, -0.05) is 12.8 Å². The van der Waals surface area contributed by atoms with Gasteiger partial charge in [-0.25, -0.2) is 9.97 Å². The third-order valence-corrected chi connectivity index (χ3v) is 5.83. The molecule has 4 aromatic heterocycles. The number of nitrogens with one attached hydrogen (secondary N) is 1. The number of hydrogen-bond donors (Lipinski definition) is 1. The van der Waals surface area contributed by atoms with E-state index in [0.29, 0.717) is 5.95 Å². The fourth-order valence-corrected chi connectivity index (χ4v) is 3.76. The van der Waals surface area contributed by atoms with Gasteiger partial charge in [-0.2, -0.15) is 5.10 Å². The molecule has 1 atom stereocenters. The topological polar surface area (TPSA) is 95.0 Å². The molecule has 31 heavy (non-hydrogen) atoms. The SMILES string of the molecule is COC(CCC1CC1)Cc1nnc2cc(-c3ccnc(Nc4ccnn4C)n3)ccn12. The van der Waals surface area contributed by atoms with Gasteiger partial charge in [-0.3, -0.25) is 9.08 Å². The van der Waals surface area contributed by atoms with Gasteiger partial charge in [0.05, 0.1) is 18.0 Å². The molecule has 1 unspecified atom stereocenters. The van der Waals surface area contributed by atoms with E-state index >= 15 is 0 Å². The van der Waals surface area contributed by atoms with Crippen molar-refractivity contribution in [2.75, 3.05) is 12.4 Å². The molecule has 1 fully saturated rings. The summed E-state index contributed by atoms with van der Waals surface area (Å²) in [6, 6.07) is 7.79. The Labute approximate surface area is 180 Å². The molecule has 0 amide bonds. The summed E-state index contributed by atoms with van der Waals surface area (Å²) in [7, 11) is 3.65. The zero-order valence-electron chi connectivity index (χ0n) is 17.8. The molecule has 0 spiro atoms. The molecule has 0 aromatic carbocycles. The van der Waals surface area contributed by atoms with Gasteiger partial charge in [0, 0.05) is 44.6 Å².